The molecule has 88 valence electrons. The number of benzene rings is 2. The molecule has 0 atom stereocenters. The third kappa shape index (κ3) is 3.76. The molecule has 0 amide bonds. The molecule has 2 aromatic rings. The summed E-state index contributed by atoms with van der Waals surface area (Å²) in [6.07, 6.45) is 0. The highest BCUT2D eigenvalue weighted by Crippen LogP contribution is 2.21. The molecule has 0 aliphatic rings. The van der Waals surface area contributed by atoms with Crippen LogP contribution in [0, 0.1) is 13.8 Å². The molecule has 0 aromatic heterocycles. The Morgan fingerprint density at radius 2 is 1.47 bits per heavy atom. The standard InChI is InChI=1S/C14H14.CH2O2/c1-11-8-9-14(10-12(11)2)13-6-4-3-5-7-13;2-1-3/h3-10H,1-2H3;1H,(H,2,3). The van der Waals surface area contributed by atoms with Gasteiger partial charge in [0.1, 0.15) is 0 Å². The number of hydrogen-bond acceptors (Lipinski definition) is 1. The minimum absolute atomic E-state index is 0.250. The van der Waals surface area contributed by atoms with Crippen LogP contribution in [-0.4, -0.2) is 11.6 Å². The summed E-state index contributed by atoms with van der Waals surface area (Å²) in [6.45, 7) is 4.05. The predicted octanol–water partition coefficient (Wildman–Crippen LogP) is 3.67. The average molecular weight is 228 g/mol. The molecule has 0 fully saturated rings. The van der Waals surface area contributed by atoms with Crippen molar-refractivity contribution in [2.45, 2.75) is 13.8 Å². The van der Waals surface area contributed by atoms with E-state index in [2.05, 4.69) is 56.3 Å². The maximum atomic E-state index is 8.36. The van der Waals surface area contributed by atoms with Crippen molar-refractivity contribution in [2.24, 2.45) is 0 Å². The van der Waals surface area contributed by atoms with E-state index in [1.165, 1.54) is 22.3 Å². The minimum Gasteiger partial charge on any atom is -0.483 e. The molecule has 0 spiro atoms. The second-order valence-corrected chi connectivity index (χ2v) is 3.77. The zero-order valence-corrected chi connectivity index (χ0v) is 10.1. The van der Waals surface area contributed by atoms with Crippen molar-refractivity contribution in [3.8, 4) is 11.1 Å². The fourth-order valence-electron chi connectivity index (χ4n) is 1.55. The van der Waals surface area contributed by atoms with Crippen molar-refractivity contribution < 1.29 is 9.90 Å². The van der Waals surface area contributed by atoms with E-state index in [9.17, 15) is 0 Å². The molecular formula is C15H16O2. The maximum absolute atomic E-state index is 8.36. The fraction of sp³-hybridized carbons (Fsp3) is 0.133. The number of hydrogen-bond donors (Lipinski definition) is 1. The van der Waals surface area contributed by atoms with Gasteiger partial charge in [0.05, 0.1) is 0 Å². The van der Waals surface area contributed by atoms with Gasteiger partial charge >= 0.3 is 0 Å². The Labute approximate surface area is 102 Å². The molecule has 0 saturated carbocycles. The molecule has 0 saturated heterocycles. The number of carbonyl (C=O) groups is 1. The van der Waals surface area contributed by atoms with E-state index < -0.39 is 0 Å². The highest BCUT2D eigenvalue weighted by molar-refractivity contribution is 5.64. The summed E-state index contributed by atoms with van der Waals surface area (Å²) in [5, 5.41) is 6.89. The first-order chi connectivity index (χ1) is 8.19. The lowest BCUT2D eigenvalue weighted by molar-refractivity contribution is -0.122. The van der Waals surface area contributed by atoms with Crippen LogP contribution in [0.2, 0.25) is 0 Å². The molecule has 2 rings (SSSR count). The third-order valence-corrected chi connectivity index (χ3v) is 2.61. The second-order valence-electron chi connectivity index (χ2n) is 3.77. The van der Waals surface area contributed by atoms with E-state index in [-0.39, 0.29) is 6.47 Å². The molecule has 17 heavy (non-hydrogen) atoms. The van der Waals surface area contributed by atoms with E-state index in [1.54, 1.807) is 0 Å². The van der Waals surface area contributed by atoms with E-state index in [4.69, 9.17) is 9.90 Å². The van der Waals surface area contributed by atoms with Crippen LogP contribution in [0.1, 0.15) is 11.1 Å². The smallest absolute Gasteiger partial charge is 0.290 e. The predicted molar refractivity (Wildman–Crippen MR) is 70.0 cm³/mol. The Morgan fingerprint density at radius 3 is 2.00 bits per heavy atom. The first-order valence-corrected chi connectivity index (χ1v) is 5.39. The minimum atomic E-state index is -0.250. The van der Waals surface area contributed by atoms with Gasteiger partial charge in [-0.2, -0.15) is 0 Å². The molecule has 0 radical (unpaired) electrons. The zero-order valence-electron chi connectivity index (χ0n) is 10.1. The van der Waals surface area contributed by atoms with Gasteiger partial charge < -0.3 is 5.11 Å². The van der Waals surface area contributed by atoms with Crippen molar-refractivity contribution in [3.05, 3.63) is 59.7 Å². The monoisotopic (exact) mass is 228 g/mol. The molecule has 1 N–H and O–H groups in total. The number of rotatable bonds is 1. The van der Waals surface area contributed by atoms with Crippen LogP contribution in [0.25, 0.3) is 11.1 Å². The molecule has 2 heteroatoms. The fourth-order valence-corrected chi connectivity index (χ4v) is 1.55. The summed E-state index contributed by atoms with van der Waals surface area (Å²) in [4.78, 5) is 8.36. The Balaban J connectivity index is 0.000000437. The topological polar surface area (TPSA) is 37.3 Å². The molecular weight excluding hydrogens is 212 g/mol. The molecule has 2 nitrogen and oxygen atoms in total. The van der Waals surface area contributed by atoms with E-state index in [1.807, 2.05) is 6.07 Å². The van der Waals surface area contributed by atoms with Gasteiger partial charge in [-0.3, -0.25) is 4.79 Å². The number of aryl methyl sites for hydroxylation is 2. The molecule has 0 unspecified atom stereocenters. The lowest BCUT2D eigenvalue weighted by atomic mass is 10.0. The van der Waals surface area contributed by atoms with E-state index in [0.29, 0.717) is 0 Å². The summed E-state index contributed by atoms with van der Waals surface area (Å²) in [5.41, 5.74) is 5.29. The van der Waals surface area contributed by atoms with Gasteiger partial charge in [0.25, 0.3) is 6.47 Å². The quantitative estimate of drug-likeness (QED) is 0.756. The summed E-state index contributed by atoms with van der Waals surface area (Å²) in [7, 11) is 0. The Hall–Kier alpha value is -2.09. The first kappa shape index (κ1) is 13.0. The summed E-state index contributed by atoms with van der Waals surface area (Å²) >= 11 is 0. The molecule has 0 aliphatic carbocycles. The second kappa shape index (κ2) is 6.48. The average Bonchev–Trinajstić information content (AvgIpc) is 2.35. The van der Waals surface area contributed by atoms with Crippen LogP contribution >= 0.6 is 0 Å². The van der Waals surface area contributed by atoms with Crippen LogP contribution in [0.4, 0.5) is 0 Å². The van der Waals surface area contributed by atoms with Crippen LogP contribution in [0.5, 0.6) is 0 Å². The summed E-state index contributed by atoms with van der Waals surface area (Å²) < 4.78 is 0. The van der Waals surface area contributed by atoms with E-state index >= 15 is 0 Å². The van der Waals surface area contributed by atoms with Crippen LogP contribution in [0.15, 0.2) is 48.5 Å². The van der Waals surface area contributed by atoms with Gasteiger partial charge in [0.2, 0.25) is 0 Å². The van der Waals surface area contributed by atoms with Gasteiger partial charge in [-0.15, -0.1) is 0 Å². The SMILES string of the molecule is Cc1ccc(-c2ccccc2)cc1C.O=CO. The maximum Gasteiger partial charge on any atom is 0.290 e. The summed E-state index contributed by atoms with van der Waals surface area (Å²) in [5.74, 6) is 0. The Kier molecular flexibility index (Phi) is 4.95. The first-order valence-electron chi connectivity index (χ1n) is 5.39. The van der Waals surface area contributed by atoms with Gasteiger partial charge in [0, 0.05) is 0 Å². The molecule has 0 bridgehead atoms. The van der Waals surface area contributed by atoms with E-state index in [0.717, 1.165) is 0 Å². The van der Waals surface area contributed by atoms with Crippen molar-refractivity contribution in [1.29, 1.82) is 0 Å². The van der Waals surface area contributed by atoms with Crippen molar-refractivity contribution in [2.75, 3.05) is 0 Å². The van der Waals surface area contributed by atoms with Crippen molar-refractivity contribution in [1.82, 2.24) is 0 Å². The lowest BCUT2D eigenvalue weighted by Gasteiger charge is -2.04. The highest BCUT2D eigenvalue weighted by Gasteiger charge is 1.97. The highest BCUT2D eigenvalue weighted by atomic mass is 16.3. The normalized spacial score (nSPS) is 9.06. The molecule has 2 aromatic carbocycles. The molecule has 0 aliphatic heterocycles. The van der Waals surface area contributed by atoms with Crippen LogP contribution in [0.3, 0.4) is 0 Å². The van der Waals surface area contributed by atoms with Crippen molar-refractivity contribution >= 4 is 6.47 Å². The van der Waals surface area contributed by atoms with Crippen molar-refractivity contribution in [3.63, 3.8) is 0 Å². The Morgan fingerprint density at radius 1 is 0.882 bits per heavy atom. The zero-order chi connectivity index (χ0) is 12.7. The summed E-state index contributed by atoms with van der Waals surface area (Å²) in [6, 6.07) is 17.1. The molecule has 0 heterocycles. The number of carboxylic acid groups (broad SMARTS) is 1. The largest absolute Gasteiger partial charge is 0.483 e. The third-order valence-electron chi connectivity index (χ3n) is 2.61. The Bertz CT molecular complexity index is 476. The van der Waals surface area contributed by atoms with Gasteiger partial charge in [-0.1, -0.05) is 48.5 Å². The van der Waals surface area contributed by atoms with Gasteiger partial charge in [-0.25, -0.2) is 0 Å². The lowest BCUT2D eigenvalue weighted by Crippen LogP contribution is -1.82. The van der Waals surface area contributed by atoms with Crippen LogP contribution in [-0.2, 0) is 4.79 Å². The van der Waals surface area contributed by atoms with Crippen LogP contribution < -0.4 is 0 Å². The van der Waals surface area contributed by atoms with Gasteiger partial charge in [-0.05, 0) is 36.1 Å². The van der Waals surface area contributed by atoms with Gasteiger partial charge in [0.15, 0.2) is 0 Å².